The molecule has 0 radical (unpaired) electrons. The summed E-state index contributed by atoms with van der Waals surface area (Å²) in [5.41, 5.74) is 1.86. The molecule has 0 amide bonds. The number of thiazole rings is 1. The molecule has 3 nitrogen and oxygen atoms in total. The van der Waals surface area contributed by atoms with Gasteiger partial charge in [0.2, 0.25) is 0 Å². The zero-order valence-corrected chi connectivity index (χ0v) is 13.6. The largest absolute Gasteiger partial charge is 0.391 e. The highest BCUT2D eigenvalue weighted by atomic mass is 32.1. The number of hydrogen-bond donors (Lipinski definition) is 1. The molecule has 0 atom stereocenters. The zero-order valence-electron chi connectivity index (χ0n) is 12.8. The Labute approximate surface area is 131 Å². The van der Waals surface area contributed by atoms with Gasteiger partial charge in [-0.2, -0.15) is 0 Å². The van der Waals surface area contributed by atoms with Gasteiger partial charge in [0.1, 0.15) is 0 Å². The Morgan fingerprint density at radius 1 is 1.10 bits per heavy atom. The van der Waals surface area contributed by atoms with E-state index in [0.717, 1.165) is 4.88 Å². The van der Waals surface area contributed by atoms with Gasteiger partial charge in [-0.3, -0.25) is 0 Å². The maximum absolute atomic E-state index is 9.56. The van der Waals surface area contributed by atoms with Crippen LogP contribution in [0.5, 0.6) is 0 Å². The standard InChI is InChI=1S/C17H26N2OS/c20-12-14-15(13-4-5-13)18-16(21-14)19-10-8-17(9-11-19)6-2-1-3-7-17/h13,20H,1-12H2. The normalized spacial score (nSPS) is 25.5. The highest BCUT2D eigenvalue weighted by Gasteiger charge is 2.37. The van der Waals surface area contributed by atoms with Gasteiger partial charge in [-0.25, -0.2) is 4.98 Å². The van der Waals surface area contributed by atoms with Crippen molar-refractivity contribution >= 4 is 16.5 Å². The number of hydrogen-bond acceptors (Lipinski definition) is 4. The minimum atomic E-state index is 0.168. The third-order valence-corrected chi connectivity index (χ3v) is 6.95. The number of anilines is 1. The molecule has 2 heterocycles. The van der Waals surface area contributed by atoms with Crippen LogP contribution in [0.25, 0.3) is 0 Å². The van der Waals surface area contributed by atoms with Crippen LogP contribution in [0.2, 0.25) is 0 Å². The first-order valence-corrected chi connectivity index (χ1v) is 9.47. The number of aromatic nitrogens is 1. The van der Waals surface area contributed by atoms with Crippen LogP contribution in [0, 0.1) is 5.41 Å². The van der Waals surface area contributed by atoms with Crippen LogP contribution in [0.1, 0.15) is 74.3 Å². The minimum Gasteiger partial charge on any atom is -0.391 e. The van der Waals surface area contributed by atoms with Crippen LogP contribution in [-0.4, -0.2) is 23.2 Å². The molecule has 116 valence electrons. The summed E-state index contributed by atoms with van der Waals surface area (Å²) in [5, 5.41) is 10.7. The summed E-state index contributed by atoms with van der Waals surface area (Å²) in [4.78, 5) is 8.48. The summed E-state index contributed by atoms with van der Waals surface area (Å²) in [7, 11) is 0. The van der Waals surface area contributed by atoms with Crippen molar-refractivity contribution in [2.24, 2.45) is 5.41 Å². The Bertz CT molecular complexity index is 493. The number of aliphatic hydroxyl groups is 1. The maximum atomic E-state index is 9.56. The van der Waals surface area contributed by atoms with Crippen molar-refractivity contribution in [1.29, 1.82) is 0 Å². The monoisotopic (exact) mass is 306 g/mol. The molecule has 4 rings (SSSR count). The second-order valence-electron chi connectivity index (χ2n) is 7.28. The summed E-state index contributed by atoms with van der Waals surface area (Å²) in [5.74, 6) is 0.645. The summed E-state index contributed by atoms with van der Waals surface area (Å²) in [6.45, 7) is 2.51. The van der Waals surface area contributed by atoms with Gasteiger partial charge < -0.3 is 10.0 Å². The lowest BCUT2D eigenvalue weighted by Crippen LogP contribution is -2.41. The minimum absolute atomic E-state index is 0.168. The topological polar surface area (TPSA) is 36.4 Å². The Morgan fingerprint density at radius 3 is 2.43 bits per heavy atom. The molecule has 21 heavy (non-hydrogen) atoms. The lowest BCUT2D eigenvalue weighted by Gasteiger charge is -2.44. The van der Waals surface area contributed by atoms with E-state index in [1.165, 1.54) is 81.7 Å². The first-order valence-electron chi connectivity index (χ1n) is 8.65. The number of nitrogens with zero attached hydrogens (tertiary/aromatic N) is 2. The van der Waals surface area contributed by atoms with Crippen molar-refractivity contribution in [3.63, 3.8) is 0 Å². The van der Waals surface area contributed by atoms with Gasteiger partial charge in [0, 0.05) is 19.0 Å². The lowest BCUT2D eigenvalue weighted by molar-refractivity contribution is 0.144. The van der Waals surface area contributed by atoms with Gasteiger partial charge in [-0.1, -0.05) is 30.6 Å². The molecule has 0 bridgehead atoms. The highest BCUT2D eigenvalue weighted by Crippen LogP contribution is 2.47. The van der Waals surface area contributed by atoms with Crippen LogP contribution in [-0.2, 0) is 6.61 Å². The molecule has 2 aliphatic carbocycles. The van der Waals surface area contributed by atoms with E-state index in [-0.39, 0.29) is 6.61 Å². The van der Waals surface area contributed by atoms with E-state index in [9.17, 15) is 5.11 Å². The smallest absolute Gasteiger partial charge is 0.185 e. The first kappa shape index (κ1) is 14.0. The van der Waals surface area contributed by atoms with Gasteiger partial charge in [0.05, 0.1) is 17.2 Å². The van der Waals surface area contributed by atoms with Crippen molar-refractivity contribution in [2.75, 3.05) is 18.0 Å². The highest BCUT2D eigenvalue weighted by molar-refractivity contribution is 7.15. The number of piperidine rings is 1. The number of aliphatic hydroxyl groups excluding tert-OH is 1. The molecular formula is C17H26N2OS. The summed E-state index contributed by atoms with van der Waals surface area (Å²) >= 11 is 1.73. The lowest BCUT2D eigenvalue weighted by atomic mass is 9.68. The van der Waals surface area contributed by atoms with Crippen LogP contribution >= 0.6 is 11.3 Å². The van der Waals surface area contributed by atoms with E-state index >= 15 is 0 Å². The summed E-state index contributed by atoms with van der Waals surface area (Å²) in [6.07, 6.45) is 12.5. The summed E-state index contributed by atoms with van der Waals surface area (Å²) < 4.78 is 0. The van der Waals surface area contributed by atoms with Gasteiger partial charge in [-0.05, 0) is 43.9 Å². The van der Waals surface area contributed by atoms with Crippen molar-refractivity contribution < 1.29 is 5.11 Å². The number of rotatable bonds is 3. The first-order chi connectivity index (χ1) is 10.3. The van der Waals surface area contributed by atoms with Crippen LogP contribution in [0.3, 0.4) is 0 Å². The second kappa shape index (κ2) is 5.54. The molecule has 3 aliphatic rings. The van der Waals surface area contributed by atoms with Crippen molar-refractivity contribution in [3.8, 4) is 0 Å². The Balaban J connectivity index is 1.46. The van der Waals surface area contributed by atoms with Crippen molar-refractivity contribution in [3.05, 3.63) is 10.6 Å². The fraction of sp³-hybridized carbons (Fsp3) is 0.824. The van der Waals surface area contributed by atoms with Crippen molar-refractivity contribution in [1.82, 2.24) is 4.98 Å². The van der Waals surface area contributed by atoms with Gasteiger partial charge in [0.15, 0.2) is 5.13 Å². The Morgan fingerprint density at radius 2 is 1.81 bits per heavy atom. The maximum Gasteiger partial charge on any atom is 0.185 e. The Hall–Kier alpha value is -0.610. The summed E-state index contributed by atoms with van der Waals surface area (Å²) in [6, 6.07) is 0. The third kappa shape index (κ3) is 2.72. The van der Waals surface area contributed by atoms with E-state index in [1.54, 1.807) is 11.3 Å². The molecule has 1 N–H and O–H groups in total. The average molecular weight is 306 g/mol. The molecule has 1 spiro atoms. The molecule has 1 saturated heterocycles. The molecule has 0 aromatic carbocycles. The molecular weight excluding hydrogens is 280 g/mol. The van der Waals surface area contributed by atoms with E-state index in [2.05, 4.69) is 4.90 Å². The van der Waals surface area contributed by atoms with Crippen LogP contribution in [0.15, 0.2) is 0 Å². The fourth-order valence-electron chi connectivity index (χ4n) is 4.25. The van der Waals surface area contributed by atoms with E-state index in [1.807, 2.05) is 0 Å². The van der Waals surface area contributed by atoms with Crippen LogP contribution in [0.4, 0.5) is 5.13 Å². The van der Waals surface area contributed by atoms with E-state index in [0.29, 0.717) is 11.3 Å². The molecule has 1 aromatic rings. The second-order valence-corrected chi connectivity index (χ2v) is 8.35. The fourth-order valence-corrected chi connectivity index (χ4v) is 5.31. The van der Waals surface area contributed by atoms with Gasteiger partial charge >= 0.3 is 0 Å². The van der Waals surface area contributed by atoms with E-state index in [4.69, 9.17) is 4.98 Å². The van der Waals surface area contributed by atoms with Crippen LogP contribution < -0.4 is 4.90 Å². The third-order valence-electron chi connectivity index (χ3n) is 5.83. The SMILES string of the molecule is OCc1sc(N2CCC3(CCCCC3)CC2)nc1C1CC1. The molecule has 4 heteroatoms. The Kier molecular flexibility index (Phi) is 3.70. The molecule has 2 saturated carbocycles. The molecule has 1 aliphatic heterocycles. The van der Waals surface area contributed by atoms with Gasteiger partial charge in [0.25, 0.3) is 0 Å². The zero-order chi connectivity index (χ0) is 14.3. The predicted octanol–water partition coefficient (Wildman–Crippen LogP) is 4.06. The molecule has 3 fully saturated rings. The van der Waals surface area contributed by atoms with Crippen molar-refractivity contribution in [2.45, 2.75) is 70.3 Å². The quantitative estimate of drug-likeness (QED) is 0.914. The van der Waals surface area contributed by atoms with Gasteiger partial charge in [-0.15, -0.1) is 0 Å². The van der Waals surface area contributed by atoms with E-state index < -0.39 is 0 Å². The molecule has 1 aromatic heterocycles. The predicted molar refractivity (Wildman–Crippen MR) is 87.0 cm³/mol. The molecule has 0 unspecified atom stereocenters. The average Bonchev–Trinajstić information content (AvgIpc) is 3.28.